The Morgan fingerprint density at radius 3 is 1.65 bits per heavy atom. The minimum absolute atomic E-state index is 0.0927. The Morgan fingerprint density at radius 2 is 1.15 bits per heavy atom. The van der Waals surface area contributed by atoms with E-state index in [1.807, 2.05) is 0 Å². The van der Waals surface area contributed by atoms with Crippen molar-refractivity contribution in [1.29, 1.82) is 0 Å². The molecule has 1 spiro atoms. The Balaban J connectivity index is 0.000000206. The van der Waals surface area contributed by atoms with Crippen LogP contribution in [0.4, 0.5) is 0 Å². The lowest BCUT2D eigenvalue weighted by molar-refractivity contribution is -0.179. The predicted octanol–water partition coefficient (Wildman–Crippen LogP) is 3.90. The van der Waals surface area contributed by atoms with Gasteiger partial charge in [-0.2, -0.15) is 0 Å². The summed E-state index contributed by atoms with van der Waals surface area (Å²) in [5, 5.41) is 20.6. The number of benzene rings is 2. The van der Waals surface area contributed by atoms with E-state index in [4.69, 9.17) is 42.6 Å². The van der Waals surface area contributed by atoms with Gasteiger partial charge in [0, 0.05) is 16.1 Å². The monoisotopic (exact) mass is 780 g/mol. The van der Waals surface area contributed by atoms with Crippen LogP contribution >= 0.6 is 31.9 Å². The van der Waals surface area contributed by atoms with Gasteiger partial charge in [-0.3, -0.25) is 0 Å². The first-order valence-corrected chi connectivity index (χ1v) is 16.0. The molecule has 2 fully saturated rings. The number of ether oxygens (including phenoxy) is 10. The van der Waals surface area contributed by atoms with Gasteiger partial charge in [0.1, 0.15) is 37.9 Å². The normalized spacial score (nSPS) is 17.5. The lowest BCUT2D eigenvalue weighted by Crippen LogP contribution is -2.45. The van der Waals surface area contributed by atoms with Crippen molar-refractivity contribution < 1.29 is 67.2 Å². The molecule has 0 unspecified atom stereocenters. The molecule has 0 radical (unpaired) electrons. The van der Waals surface area contributed by atoms with Crippen LogP contribution in [-0.2, 0) is 28.4 Å². The molecule has 14 nitrogen and oxygen atoms in total. The van der Waals surface area contributed by atoms with Crippen LogP contribution in [0, 0.1) is 10.8 Å². The average Bonchev–Trinajstić information content (AvgIpc) is 3.29. The molecule has 0 amide bonds. The van der Waals surface area contributed by atoms with Gasteiger partial charge in [0.25, 0.3) is 0 Å². The number of phenols is 2. The van der Waals surface area contributed by atoms with Crippen LogP contribution in [0.5, 0.6) is 34.5 Å². The van der Waals surface area contributed by atoms with Crippen LogP contribution in [0.3, 0.4) is 0 Å². The van der Waals surface area contributed by atoms with Crippen LogP contribution in [0.25, 0.3) is 0 Å². The highest BCUT2D eigenvalue weighted by molar-refractivity contribution is 9.09. The molecule has 0 atom stereocenters. The van der Waals surface area contributed by atoms with E-state index in [9.17, 15) is 19.8 Å². The van der Waals surface area contributed by atoms with E-state index >= 15 is 0 Å². The van der Waals surface area contributed by atoms with Crippen LogP contribution in [0.15, 0.2) is 24.3 Å². The minimum Gasteiger partial charge on any atom is -0.504 e. The topological polar surface area (TPSA) is 167 Å². The third kappa shape index (κ3) is 9.07. The zero-order valence-corrected chi connectivity index (χ0v) is 29.1. The van der Waals surface area contributed by atoms with Crippen molar-refractivity contribution in [2.45, 2.75) is 0 Å². The number of methoxy groups -OCH3 is 4. The predicted molar refractivity (Wildman–Crippen MR) is 169 cm³/mol. The van der Waals surface area contributed by atoms with E-state index in [1.54, 1.807) is 12.1 Å². The van der Waals surface area contributed by atoms with Gasteiger partial charge in [-0.05, 0) is 24.3 Å². The summed E-state index contributed by atoms with van der Waals surface area (Å²) in [6, 6.07) is 5.92. The molecular formula is C30H38Br2O14. The second kappa shape index (κ2) is 17.8. The third-order valence-electron chi connectivity index (χ3n) is 7.02. The zero-order chi connectivity index (χ0) is 33.7. The Bertz CT molecular complexity index is 1300. The molecule has 5 rings (SSSR count). The molecular weight excluding hydrogens is 744 g/mol. The molecule has 0 saturated carbocycles. The van der Waals surface area contributed by atoms with Gasteiger partial charge in [-0.15, -0.1) is 0 Å². The lowest BCUT2D eigenvalue weighted by Gasteiger charge is -2.33. The molecule has 2 aromatic rings. The number of hydrogen-bond acceptors (Lipinski definition) is 14. The molecule has 2 aromatic carbocycles. The van der Waals surface area contributed by atoms with Crippen molar-refractivity contribution in [2.24, 2.45) is 10.8 Å². The van der Waals surface area contributed by atoms with Gasteiger partial charge < -0.3 is 57.6 Å². The molecule has 16 heteroatoms. The summed E-state index contributed by atoms with van der Waals surface area (Å²) in [5.41, 5.74) is -0.0627. The van der Waals surface area contributed by atoms with Crippen molar-refractivity contribution in [2.75, 3.05) is 92.3 Å². The van der Waals surface area contributed by atoms with E-state index in [0.29, 0.717) is 56.0 Å². The SMILES string of the molecule is BrCC1(CBr)COCOC1.COC(=O)c1ccc(OC)c(O)c1O.COC(=O)c1ccc(OC)c2c1OCC1(COCOC1)CO2. The molecule has 3 aliphatic heterocycles. The van der Waals surface area contributed by atoms with Crippen LogP contribution in [-0.4, -0.2) is 114 Å². The van der Waals surface area contributed by atoms with Crippen molar-refractivity contribution in [3.63, 3.8) is 0 Å². The number of rotatable bonds is 6. The Morgan fingerprint density at radius 1 is 0.674 bits per heavy atom. The maximum absolute atomic E-state index is 11.9. The number of halogens is 2. The quantitative estimate of drug-likeness (QED) is 0.246. The zero-order valence-electron chi connectivity index (χ0n) is 25.9. The van der Waals surface area contributed by atoms with E-state index < -0.39 is 28.9 Å². The molecule has 2 N–H and O–H groups in total. The minimum atomic E-state index is -0.722. The lowest BCUT2D eigenvalue weighted by atomic mass is 9.92. The number of carbonyl (C=O) groups is 2. The van der Waals surface area contributed by atoms with Crippen molar-refractivity contribution in [3.8, 4) is 34.5 Å². The Hall–Kier alpha value is -3.02. The molecule has 3 aliphatic rings. The van der Waals surface area contributed by atoms with Gasteiger partial charge in [0.2, 0.25) is 11.5 Å². The third-order valence-corrected chi connectivity index (χ3v) is 9.40. The number of aromatic hydroxyl groups is 2. The molecule has 0 aliphatic carbocycles. The number of esters is 2. The van der Waals surface area contributed by atoms with Gasteiger partial charge in [0.05, 0.1) is 60.3 Å². The number of carbonyl (C=O) groups excluding carboxylic acids is 2. The summed E-state index contributed by atoms with van der Waals surface area (Å²) in [4.78, 5) is 23.0. The molecule has 0 aromatic heterocycles. The van der Waals surface area contributed by atoms with Gasteiger partial charge in [0.15, 0.2) is 23.0 Å². The number of alkyl halides is 2. The molecule has 0 bridgehead atoms. The Kier molecular flexibility index (Phi) is 14.5. The maximum Gasteiger partial charge on any atom is 0.341 e. The van der Waals surface area contributed by atoms with Crippen molar-refractivity contribution in [3.05, 3.63) is 35.4 Å². The second-order valence-corrected chi connectivity index (χ2v) is 11.6. The van der Waals surface area contributed by atoms with Crippen molar-refractivity contribution in [1.82, 2.24) is 0 Å². The van der Waals surface area contributed by atoms with E-state index in [2.05, 4.69) is 36.6 Å². The first-order valence-electron chi connectivity index (χ1n) is 13.8. The summed E-state index contributed by atoms with van der Waals surface area (Å²) in [6.07, 6.45) is 0. The fourth-order valence-corrected chi connectivity index (χ4v) is 5.92. The van der Waals surface area contributed by atoms with Crippen molar-refractivity contribution >= 4 is 43.8 Å². The highest BCUT2D eigenvalue weighted by atomic mass is 79.9. The number of hydrogen-bond donors (Lipinski definition) is 2. The smallest absolute Gasteiger partial charge is 0.341 e. The average molecular weight is 782 g/mol. The summed E-state index contributed by atoms with van der Waals surface area (Å²) < 4.78 is 52.1. The standard InChI is InChI=1S/C15H18O7.C9H10O5.C6H10Br2O2/c1-17-11-4-3-10(14(16)18-2)12-13(11)22-8-15(7-21-12)5-19-9-20-6-15;1-13-6-4-3-5(9(12)14-2)7(10)8(6)11;7-1-6(2-8)3-9-5-10-4-6/h3-4H,5-9H2,1-2H3;3-4,10-11H,1-2H3;1-5H2. The number of fused-ring (bicyclic) bond motifs is 1. The van der Waals surface area contributed by atoms with Crippen LogP contribution in [0.2, 0.25) is 0 Å². The number of phenolic OH excluding ortho intramolecular Hbond substituents is 2. The largest absolute Gasteiger partial charge is 0.504 e. The van der Waals surface area contributed by atoms with E-state index in [1.165, 1.54) is 40.6 Å². The van der Waals surface area contributed by atoms with Crippen LogP contribution < -0.4 is 18.9 Å². The second-order valence-electron chi connectivity index (χ2n) is 10.4. The fourth-order valence-electron chi connectivity index (χ4n) is 4.34. The summed E-state index contributed by atoms with van der Waals surface area (Å²) in [5.74, 6) is -0.921. The van der Waals surface area contributed by atoms with Gasteiger partial charge >= 0.3 is 11.9 Å². The first kappa shape index (κ1) is 37.4. The Labute approximate surface area is 283 Å². The fraction of sp³-hybridized carbons (Fsp3) is 0.533. The van der Waals surface area contributed by atoms with Crippen LogP contribution in [0.1, 0.15) is 20.7 Å². The molecule has 2 saturated heterocycles. The van der Waals surface area contributed by atoms with E-state index in [-0.39, 0.29) is 23.5 Å². The first-order chi connectivity index (χ1) is 22.1. The highest BCUT2D eigenvalue weighted by Gasteiger charge is 2.40. The van der Waals surface area contributed by atoms with Gasteiger partial charge in [-0.25, -0.2) is 9.59 Å². The summed E-state index contributed by atoms with van der Waals surface area (Å²) in [7, 11) is 5.38. The summed E-state index contributed by atoms with van der Waals surface area (Å²) in [6.45, 7) is 3.88. The summed E-state index contributed by atoms with van der Waals surface area (Å²) >= 11 is 6.88. The van der Waals surface area contributed by atoms with E-state index in [0.717, 1.165) is 23.9 Å². The maximum atomic E-state index is 11.9. The van der Waals surface area contributed by atoms with Gasteiger partial charge in [-0.1, -0.05) is 31.9 Å². The highest BCUT2D eigenvalue weighted by Crippen LogP contribution is 2.44. The molecule has 256 valence electrons. The molecule has 3 heterocycles. The molecule has 46 heavy (non-hydrogen) atoms.